The van der Waals surface area contributed by atoms with Crippen LogP contribution in [-0.2, 0) is 23.4 Å². The molecule has 0 radical (unpaired) electrons. The lowest BCUT2D eigenvalue weighted by molar-refractivity contribution is 0.0724. The van der Waals surface area contributed by atoms with Gasteiger partial charge in [0.15, 0.2) is 0 Å². The fraction of sp³-hybridized carbons (Fsp3) is 0.650. The van der Waals surface area contributed by atoms with E-state index < -0.39 is 5.54 Å². The Bertz CT molecular complexity index is 1080. The largest absolute Gasteiger partial charge is 0.377 e. The summed E-state index contributed by atoms with van der Waals surface area (Å²) in [5.74, 6) is 0. The number of carbonyl (C=O) groups excluding carboxylic acids is 1. The van der Waals surface area contributed by atoms with E-state index in [1.807, 2.05) is 27.7 Å². The molecule has 2 amide bonds. The molecule has 0 aromatic carbocycles. The van der Waals surface area contributed by atoms with Crippen molar-refractivity contribution in [3.63, 3.8) is 0 Å². The van der Waals surface area contributed by atoms with E-state index in [0.29, 0.717) is 43.0 Å². The minimum atomic E-state index is -0.396. The standard InChI is InChI=1S/C20H28N4O4S/c1-12(2)28-10-9-23-17-15(16(25)24(19(23)27)20(4)5-6-20)13(3)14(29-17)11-22-8-7-21-18(22)26/h12H,5-11H2,1-4H3,(H,21,26). The molecule has 158 valence electrons. The summed E-state index contributed by atoms with van der Waals surface area (Å²) in [6.07, 6.45) is 1.74. The number of aryl methyl sites for hydroxylation is 1. The number of nitrogens with zero attached hydrogens (tertiary/aromatic N) is 3. The van der Waals surface area contributed by atoms with Gasteiger partial charge in [0.25, 0.3) is 5.56 Å². The summed E-state index contributed by atoms with van der Waals surface area (Å²) >= 11 is 1.44. The number of carbonyl (C=O) groups is 1. The molecule has 2 aromatic heterocycles. The molecule has 0 unspecified atom stereocenters. The number of amides is 2. The van der Waals surface area contributed by atoms with Crippen molar-refractivity contribution in [3.8, 4) is 0 Å². The maximum Gasteiger partial charge on any atom is 0.332 e. The van der Waals surface area contributed by atoms with Gasteiger partial charge in [0.1, 0.15) is 4.83 Å². The van der Waals surface area contributed by atoms with Crippen molar-refractivity contribution >= 4 is 27.6 Å². The first-order valence-electron chi connectivity index (χ1n) is 10.2. The van der Waals surface area contributed by atoms with Gasteiger partial charge < -0.3 is 15.0 Å². The lowest BCUT2D eigenvalue weighted by atomic mass is 10.2. The Morgan fingerprint density at radius 3 is 2.55 bits per heavy atom. The van der Waals surface area contributed by atoms with E-state index in [2.05, 4.69) is 5.32 Å². The predicted molar refractivity (Wildman–Crippen MR) is 113 cm³/mol. The minimum absolute atomic E-state index is 0.0716. The number of hydrogen-bond donors (Lipinski definition) is 1. The molecule has 1 saturated carbocycles. The average molecular weight is 421 g/mol. The molecule has 0 atom stereocenters. The fourth-order valence-electron chi connectivity index (χ4n) is 3.84. The van der Waals surface area contributed by atoms with Crippen LogP contribution in [0.5, 0.6) is 0 Å². The zero-order valence-corrected chi connectivity index (χ0v) is 18.2. The number of aromatic nitrogens is 2. The maximum atomic E-state index is 13.3. The summed E-state index contributed by atoms with van der Waals surface area (Å²) in [6, 6.07) is -0.0903. The van der Waals surface area contributed by atoms with Crippen LogP contribution in [0.2, 0.25) is 0 Å². The van der Waals surface area contributed by atoms with Crippen molar-refractivity contribution in [1.29, 1.82) is 0 Å². The molecular formula is C20H28N4O4S. The summed E-state index contributed by atoms with van der Waals surface area (Å²) in [5, 5.41) is 3.40. The molecule has 8 nitrogen and oxygen atoms in total. The Kier molecular flexibility index (Phi) is 5.06. The highest BCUT2D eigenvalue weighted by Gasteiger charge is 2.43. The Balaban J connectivity index is 1.84. The normalized spacial score (nSPS) is 18.1. The molecule has 2 aromatic rings. The van der Waals surface area contributed by atoms with Crippen molar-refractivity contribution in [2.75, 3.05) is 19.7 Å². The first-order chi connectivity index (χ1) is 13.7. The molecule has 3 heterocycles. The molecule has 1 aliphatic carbocycles. The van der Waals surface area contributed by atoms with Gasteiger partial charge in [-0.3, -0.25) is 13.9 Å². The molecule has 2 fully saturated rings. The van der Waals surface area contributed by atoms with E-state index in [1.54, 1.807) is 9.47 Å². The molecule has 29 heavy (non-hydrogen) atoms. The quantitative estimate of drug-likeness (QED) is 0.742. The number of hydrogen-bond acceptors (Lipinski definition) is 5. The number of fused-ring (bicyclic) bond motifs is 1. The molecule has 1 saturated heterocycles. The lowest BCUT2D eigenvalue weighted by Gasteiger charge is -2.17. The predicted octanol–water partition coefficient (Wildman–Crippen LogP) is 1.99. The minimum Gasteiger partial charge on any atom is -0.377 e. The highest BCUT2D eigenvalue weighted by Crippen LogP contribution is 2.41. The monoisotopic (exact) mass is 420 g/mol. The van der Waals surface area contributed by atoms with E-state index in [4.69, 9.17) is 4.74 Å². The van der Waals surface area contributed by atoms with Crippen LogP contribution in [0.3, 0.4) is 0 Å². The summed E-state index contributed by atoms with van der Waals surface area (Å²) in [7, 11) is 0. The second kappa shape index (κ2) is 7.28. The van der Waals surface area contributed by atoms with Gasteiger partial charge in [-0.2, -0.15) is 0 Å². The van der Waals surface area contributed by atoms with Gasteiger partial charge in [0.05, 0.1) is 36.7 Å². The molecule has 9 heteroatoms. The molecule has 1 aliphatic heterocycles. The van der Waals surface area contributed by atoms with Crippen LogP contribution >= 0.6 is 11.3 Å². The van der Waals surface area contributed by atoms with E-state index in [9.17, 15) is 14.4 Å². The zero-order chi connectivity index (χ0) is 20.9. The van der Waals surface area contributed by atoms with Crippen molar-refractivity contribution in [2.45, 2.75) is 65.3 Å². The van der Waals surface area contributed by atoms with Gasteiger partial charge in [0.2, 0.25) is 0 Å². The first-order valence-corrected chi connectivity index (χ1v) is 11.0. The van der Waals surface area contributed by atoms with Crippen LogP contribution in [-0.4, -0.2) is 45.9 Å². The van der Waals surface area contributed by atoms with Crippen LogP contribution in [0, 0.1) is 6.92 Å². The molecule has 1 N–H and O–H groups in total. The first kappa shape index (κ1) is 20.2. The maximum absolute atomic E-state index is 13.3. The smallest absolute Gasteiger partial charge is 0.332 e. The van der Waals surface area contributed by atoms with Crippen LogP contribution in [0.15, 0.2) is 9.59 Å². The van der Waals surface area contributed by atoms with Gasteiger partial charge in [-0.25, -0.2) is 9.59 Å². The second-order valence-corrected chi connectivity index (χ2v) is 9.56. The van der Waals surface area contributed by atoms with E-state index in [0.717, 1.165) is 23.3 Å². The summed E-state index contributed by atoms with van der Waals surface area (Å²) in [5.41, 5.74) is -0.00320. The number of nitrogens with one attached hydrogen (secondary N) is 1. The Morgan fingerprint density at radius 2 is 1.97 bits per heavy atom. The van der Waals surface area contributed by atoms with Crippen LogP contribution < -0.4 is 16.6 Å². The summed E-state index contributed by atoms with van der Waals surface area (Å²) in [4.78, 5) is 42.0. The highest BCUT2D eigenvalue weighted by molar-refractivity contribution is 7.18. The van der Waals surface area contributed by atoms with Gasteiger partial charge in [-0.15, -0.1) is 11.3 Å². The summed E-state index contributed by atoms with van der Waals surface area (Å²) < 4.78 is 8.81. The third-order valence-corrected chi connectivity index (χ3v) is 7.17. The number of urea groups is 1. The van der Waals surface area contributed by atoms with Crippen molar-refractivity contribution in [3.05, 3.63) is 31.3 Å². The Hall–Kier alpha value is -2.13. The Labute approximate surface area is 173 Å². The van der Waals surface area contributed by atoms with Gasteiger partial charge >= 0.3 is 11.7 Å². The topological polar surface area (TPSA) is 85.6 Å². The lowest BCUT2D eigenvalue weighted by Crippen LogP contribution is -2.45. The number of thiophene rings is 1. The fourth-order valence-corrected chi connectivity index (χ4v) is 5.17. The van der Waals surface area contributed by atoms with E-state index in [1.165, 1.54) is 15.9 Å². The van der Waals surface area contributed by atoms with Gasteiger partial charge in [-0.05, 0) is 46.1 Å². The highest BCUT2D eigenvalue weighted by atomic mass is 32.1. The van der Waals surface area contributed by atoms with E-state index in [-0.39, 0.29) is 23.4 Å². The third kappa shape index (κ3) is 3.50. The average Bonchev–Trinajstić information content (AvgIpc) is 3.11. The second-order valence-electron chi connectivity index (χ2n) is 8.48. The van der Waals surface area contributed by atoms with Crippen LogP contribution in [0.1, 0.15) is 44.1 Å². The number of rotatable bonds is 7. The number of ether oxygens (including phenoxy) is 1. The van der Waals surface area contributed by atoms with Gasteiger partial charge in [0, 0.05) is 18.0 Å². The van der Waals surface area contributed by atoms with Crippen LogP contribution in [0.4, 0.5) is 4.79 Å². The molecule has 0 spiro atoms. The third-order valence-electron chi connectivity index (χ3n) is 5.87. The molecule has 2 aliphatic rings. The molecule has 0 bridgehead atoms. The van der Waals surface area contributed by atoms with Crippen molar-refractivity contribution in [1.82, 2.24) is 19.4 Å². The molecule has 4 rings (SSSR count). The summed E-state index contributed by atoms with van der Waals surface area (Å²) in [6.45, 7) is 10.3. The molecular weight excluding hydrogens is 392 g/mol. The van der Waals surface area contributed by atoms with Crippen molar-refractivity contribution < 1.29 is 9.53 Å². The van der Waals surface area contributed by atoms with E-state index >= 15 is 0 Å². The zero-order valence-electron chi connectivity index (χ0n) is 17.4. The van der Waals surface area contributed by atoms with Gasteiger partial charge in [-0.1, -0.05) is 0 Å². The SMILES string of the molecule is Cc1c(CN2CCNC2=O)sc2c1c(=O)n(C1(C)CC1)c(=O)n2CCOC(C)C. The van der Waals surface area contributed by atoms with Crippen LogP contribution in [0.25, 0.3) is 10.2 Å². The Morgan fingerprint density at radius 1 is 1.24 bits per heavy atom. The van der Waals surface area contributed by atoms with Crippen molar-refractivity contribution in [2.24, 2.45) is 0 Å².